The second-order valence-corrected chi connectivity index (χ2v) is 5.47. The molecule has 0 fully saturated rings. The lowest BCUT2D eigenvalue weighted by Crippen LogP contribution is -2.11. The van der Waals surface area contributed by atoms with E-state index in [1.54, 1.807) is 0 Å². The minimum atomic E-state index is -0.579. The van der Waals surface area contributed by atoms with Crippen LogP contribution in [0.25, 0.3) is 0 Å². The van der Waals surface area contributed by atoms with Crippen LogP contribution in [0.4, 0.5) is 0 Å². The van der Waals surface area contributed by atoms with Gasteiger partial charge >= 0.3 is 0 Å². The van der Waals surface area contributed by atoms with Crippen molar-refractivity contribution < 1.29 is 9.84 Å². The Labute approximate surface area is 120 Å². The van der Waals surface area contributed by atoms with Gasteiger partial charge in [0.1, 0.15) is 18.5 Å². The summed E-state index contributed by atoms with van der Waals surface area (Å²) in [4.78, 5) is 0. The monoisotopic (exact) mass is 268 g/mol. The van der Waals surface area contributed by atoms with Crippen LogP contribution in [-0.2, 0) is 12.8 Å². The zero-order chi connectivity index (χ0) is 13.9. The Hall–Kier alpha value is -1.80. The highest BCUT2D eigenvalue weighted by Crippen LogP contribution is 2.27. The fourth-order valence-electron chi connectivity index (χ4n) is 2.86. The fraction of sp³-hybridized carbons (Fsp3) is 0.333. The van der Waals surface area contributed by atoms with Gasteiger partial charge in [-0.25, -0.2) is 0 Å². The van der Waals surface area contributed by atoms with E-state index in [2.05, 4.69) is 12.1 Å². The number of aryl methyl sites for hydroxylation is 3. The van der Waals surface area contributed by atoms with Crippen molar-refractivity contribution in [2.24, 2.45) is 0 Å². The van der Waals surface area contributed by atoms with Gasteiger partial charge in [0.15, 0.2) is 0 Å². The van der Waals surface area contributed by atoms with Crippen molar-refractivity contribution in [1.29, 1.82) is 0 Å². The summed E-state index contributed by atoms with van der Waals surface area (Å²) in [6.07, 6.45) is 2.99. The summed E-state index contributed by atoms with van der Waals surface area (Å²) >= 11 is 0. The summed E-state index contributed by atoms with van der Waals surface area (Å²) in [7, 11) is 0. The van der Waals surface area contributed by atoms with Crippen molar-refractivity contribution in [3.63, 3.8) is 0 Å². The van der Waals surface area contributed by atoms with Crippen LogP contribution < -0.4 is 4.74 Å². The van der Waals surface area contributed by atoms with Gasteiger partial charge in [0.05, 0.1) is 0 Å². The van der Waals surface area contributed by atoms with Crippen LogP contribution in [-0.4, -0.2) is 11.7 Å². The number of ether oxygens (including phenoxy) is 1. The Balaban J connectivity index is 1.66. The fourth-order valence-corrected chi connectivity index (χ4v) is 2.86. The van der Waals surface area contributed by atoms with Gasteiger partial charge in [0.2, 0.25) is 0 Å². The molecule has 1 aliphatic carbocycles. The zero-order valence-electron chi connectivity index (χ0n) is 11.8. The maximum Gasteiger partial charge on any atom is 0.119 e. The van der Waals surface area contributed by atoms with Gasteiger partial charge in [-0.3, -0.25) is 0 Å². The minimum absolute atomic E-state index is 0.295. The summed E-state index contributed by atoms with van der Waals surface area (Å²) in [5.41, 5.74) is 4.87. The van der Waals surface area contributed by atoms with E-state index in [4.69, 9.17) is 4.74 Å². The first-order valence-electron chi connectivity index (χ1n) is 7.22. The molecule has 0 saturated carbocycles. The topological polar surface area (TPSA) is 29.5 Å². The molecule has 104 valence electrons. The Morgan fingerprint density at radius 3 is 2.75 bits per heavy atom. The molecule has 2 heteroatoms. The van der Waals surface area contributed by atoms with E-state index >= 15 is 0 Å². The van der Waals surface area contributed by atoms with Gasteiger partial charge in [-0.15, -0.1) is 0 Å². The van der Waals surface area contributed by atoms with Gasteiger partial charge in [0, 0.05) is 0 Å². The number of fused-ring (bicyclic) bond motifs is 1. The molecule has 0 amide bonds. The third-order valence-corrected chi connectivity index (χ3v) is 4.03. The molecule has 2 aromatic rings. The summed E-state index contributed by atoms with van der Waals surface area (Å²) < 4.78 is 5.75. The van der Waals surface area contributed by atoms with E-state index in [1.165, 1.54) is 24.0 Å². The number of aliphatic hydroxyl groups is 1. The largest absolute Gasteiger partial charge is 0.491 e. The average molecular weight is 268 g/mol. The van der Waals surface area contributed by atoms with Crippen molar-refractivity contribution in [1.82, 2.24) is 0 Å². The lowest BCUT2D eigenvalue weighted by molar-refractivity contribution is 0.107. The van der Waals surface area contributed by atoms with Gasteiger partial charge in [-0.1, -0.05) is 30.3 Å². The molecule has 1 atom stereocenters. The predicted molar refractivity (Wildman–Crippen MR) is 80.1 cm³/mol. The second-order valence-electron chi connectivity index (χ2n) is 5.47. The average Bonchev–Trinajstić information content (AvgIpc) is 2.92. The molecule has 20 heavy (non-hydrogen) atoms. The molecular formula is C18H20O2. The number of aliphatic hydroxyl groups excluding tert-OH is 1. The molecule has 1 N–H and O–H groups in total. The number of benzene rings is 2. The molecule has 1 unspecified atom stereocenters. The zero-order valence-corrected chi connectivity index (χ0v) is 11.8. The second kappa shape index (κ2) is 5.68. The minimum Gasteiger partial charge on any atom is -0.491 e. The van der Waals surface area contributed by atoms with Gasteiger partial charge in [-0.05, 0) is 60.6 Å². The Bertz CT molecular complexity index is 604. The van der Waals surface area contributed by atoms with Crippen LogP contribution in [0.5, 0.6) is 5.75 Å². The first-order chi connectivity index (χ1) is 9.74. The molecule has 2 aromatic carbocycles. The lowest BCUT2D eigenvalue weighted by atomic mass is 10.0. The Morgan fingerprint density at radius 2 is 1.90 bits per heavy atom. The van der Waals surface area contributed by atoms with Crippen molar-refractivity contribution in [2.45, 2.75) is 32.3 Å². The van der Waals surface area contributed by atoms with E-state index in [9.17, 15) is 5.11 Å². The van der Waals surface area contributed by atoms with E-state index in [0.717, 1.165) is 23.3 Å². The molecule has 0 spiro atoms. The summed E-state index contributed by atoms with van der Waals surface area (Å²) in [6.45, 7) is 2.30. The highest BCUT2D eigenvalue weighted by Gasteiger charge is 2.13. The summed E-state index contributed by atoms with van der Waals surface area (Å²) in [5.74, 6) is 0.860. The van der Waals surface area contributed by atoms with Crippen molar-refractivity contribution in [3.05, 3.63) is 64.7 Å². The third-order valence-electron chi connectivity index (χ3n) is 4.03. The van der Waals surface area contributed by atoms with Gasteiger partial charge in [0.25, 0.3) is 0 Å². The number of hydrogen-bond donors (Lipinski definition) is 1. The summed E-state index contributed by atoms with van der Waals surface area (Å²) in [5, 5.41) is 10.2. The maximum atomic E-state index is 10.2. The third kappa shape index (κ3) is 2.70. The molecule has 0 heterocycles. The molecule has 0 aromatic heterocycles. The Kier molecular flexibility index (Phi) is 3.75. The van der Waals surface area contributed by atoms with Crippen LogP contribution in [0.2, 0.25) is 0 Å². The van der Waals surface area contributed by atoms with Crippen LogP contribution in [0.3, 0.4) is 0 Å². The molecule has 1 aliphatic rings. The summed E-state index contributed by atoms with van der Waals surface area (Å²) in [6, 6.07) is 14.2. The van der Waals surface area contributed by atoms with Crippen molar-refractivity contribution in [3.8, 4) is 5.75 Å². The first kappa shape index (κ1) is 13.2. The van der Waals surface area contributed by atoms with E-state index in [1.807, 2.05) is 37.3 Å². The normalized spacial score (nSPS) is 14.9. The van der Waals surface area contributed by atoms with Crippen LogP contribution in [0, 0.1) is 6.92 Å². The SMILES string of the molecule is Cc1ccccc1C(O)COc1ccc2c(c1)CCC2. The molecule has 0 aliphatic heterocycles. The number of rotatable bonds is 4. The van der Waals surface area contributed by atoms with Crippen LogP contribution in [0.15, 0.2) is 42.5 Å². The van der Waals surface area contributed by atoms with Crippen molar-refractivity contribution in [2.75, 3.05) is 6.61 Å². The maximum absolute atomic E-state index is 10.2. The van der Waals surface area contributed by atoms with Crippen molar-refractivity contribution >= 4 is 0 Å². The van der Waals surface area contributed by atoms with Crippen LogP contribution in [0.1, 0.15) is 34.8 Å². The first-order valence-corrected chi connectivity index (χ1v) is 7.22. The molecular weight excluding hydrogens is 248 g/mol. The van der Waals surface area contributed by atoms with E-state index < -0.39 is 6.10 Å². The predicted octanol–water partition coefficient (Wildman–Crippen LogP) is 3.60. The molecule has 0 saturated heterocycles. The van der Waals surface area contributed by atoms with Gasteiger partial charge in [-0.2, -0.15) is 0 Å². The molecule has 2 nitrogen and oxygen atoms in total. The molecule has 0 bridgehead atoms. The van der Waals surface area contributed by atoms with Gasteiger partial charge < -0.3 is 9.84 Å². The van der Waals surface area contributed by atoms with E-state index in [-0.39, 0.29) is 0 Å². The number of hydrogen-bond acceptors (Lipinski definition) is 2. The molecule has 0 radical (unpaired) electrons. The smallest absolute Gasteiger partial charge is 0.119 e. The van der Waals surface area contributed by atoms with E-state index in [0.29, 0.717) is 6.61 Å². The Morgan fingerprint density at radius 1 is 1.10 bits per heavy atom. The lowest BCUT2D eigenvalue weighted by Gasteiger charge is -2.15. The quantitative estimate of drug-likeness (QED) is 0.918. The van der Waals surface area contributed by atoms with Crippen LogP contribution >= 0.6 is 0 Å². The highest BCUT2D eigenvalue weighted by molar-refractivity contribution is 5.38. The highest BCUT2D eigenvalue weighted by atomic mass is 16.5. The standard InChI is InChI=1S/C18H20O2/c1-13-5-2-3-8-17(13)18(19)12-20-16-10-9-14-6-4-7-15(14)11-16/h2-3,5,8-11,18-19H,4,6-7,12H2,1H3. The molecule has 3 rings (SSSR count).